The van der Waals surface area contributed by atoms with Crippen LogP contribution in [0.1, 0.15) is 38.7 Å². The first-order valence-electron chi connectivity index (χ1n) is 12.5. The van der Waals surface area contributed by atoms with Crippen molar-refractivity contribution in [3.05, 3.63) is 54.2 Å². The fourth-order valence-electron chi connectivity index (χ4n) is 4.97. The Morgan fingerprint density at radius 2 is 1.58 bits per heavy atom. The van der Waals surface area contributed by atoms with E-state index in [-0.39, 0.29) is 0 Å². The maximum absolute atomic E-state index is 4.75. The minimum atomic E-state index is 0.613. The van der Waals surface area contributed by atoms with Gasteiger partial charge in [0.1, 0.15) is 5.82 Å². The molecule has 33 heavy (non-hydrogen) atoms. The van der Waals surface area contributed by atoms with Gasteiger partial charge < -0.3 is 4.90 Å². The van der Waals surface area contributed by atoms with Crippen LogP contribution in [0.3, 0.4) is 0 Å². The highest BCUT2D eigenvalue weighted by Gasteiger charge is 2.20. The first-order valence-corrected chi connectivity index (χ1v) is 12.5. The molecule has 2 fully saturated rings. The van der Waals surface area contributed by atoms with Crippen molar-refractivity contribution in [2.24, 2.45) is 0 Å². The number of hydrogen-bond donors (Lipinski definition) is 1. The van der Waals surface area contributed by atoms with Crippen LogP contribution in [-0.2, 0) is 6.54 Å². The Bertz CT molecular complexity index is 1010. The number of rotatable bonds is 6. The van der Waals surface area contributed by atoms with Gasteiger partial charge in [0.2, 0.25) is 0 Å². The number of nitrogens with one attached hydrogen (secondary N) is 1. The molecule has 0 saturated carbocycles. The monoisotopic (exact) mass is 444 g/mol. The summed E-state index contributed by atoms with van der Waals surface area (Å²) in [4.78, 5) is 12.2. The van der Waals surface area contributed by atoms with Gasteiger partial charge in [-0.05, 0) is 69.1 Å². The smallest absolute Gasteiger partial charge is 0.128 e. The summed E-state index contributed by atoms with van der Waals surface area (Å²) in [7, 11) is 0. The zero-order chi connectivity index (χ0) is 22.6. The number of aromatic amines is 1. The topological polar surface area (TPSA) is 51.3 Å². The van der Waals surface area contributed by atoms with E-state index >= 15 is 0 Å². The molecule has 0 unspecified atom stereocenters. The molecular formula is C27H36N6. The molecule has 0 bridgehead atoms. The van der Waals surface area contributed by atoms with Crippen molar-refractivity contribution < 1.29 is 0 Å². The predicted octanol–water partition coefficient (Wildman–Crippen LogP) is 4.66. The highest BCUT2D eigenvalue weighted by Crippen LogP contribution is 2.26. The van der Waals surface area contributed by atoms with Crippen molar-refractivity contribution in [3.63, 3.8) is 0 Å². The molecule has 6 heteroatoms. The summed E-state index contributed by atoms with van der Waals surface area (Å²) >= 11 is 0. The van der Waals surface area contributed by atoms with Crippen molar-refractivity contribution in [1.29, 1.82) is 0 Å². The van der Waals surface area contributed by atoms with E-state index in [9.17, 15) is 0 Å². The van der Waals surface area contributed by atoms with Gasteiger partial charge in [0.15, 0.2) is 0 Å². The number of nitrogens with zero attached hydrogens (tertiary/aromatic N) is 5. The van der Waals surface area contributed by atoms with Crippen LogP contribution in [0, 0.1) is 0 Å². The van der Waals surface area contributed by atoms with E-state index in [0.29, 0.717) is 6.04 Å². The molecule has 0 radical (unpaired) electrons. The Hall–Kier alpha value is -2.70. The van der Waals surface area contributed by atoms with Gasteiger partial charge in [-0.1, -0.05) is 30.7 Å². The molecule has 0 amide bonds. The normalized spacial score (nSPS) is 18.2. The van der Waals surface area contributed by atoms with Gasteiger partial charge in [0.05, 0.1) is 11.4 Å². The first kappa shape index (κ1) is 22.1. The molecule has 5 rings (SSSR count). The van der Waals surface area contributed by atoms with Gasteiger partial charge in [-0.2, -0.15) is 5.10 Å². The second-order valence-electron chi connectivity index (χ2n) is 9.72. The molecule has 3 aromatic rings. The first-order chi connectivity index (χ1) is 16.2. The van der Waals surface area contributed by atoms with Crippen molar-refractivity contribution >= 4 is 5.82 Å². The highest BCUT2D eigenvalue weighted by molar-refractivity contribution is 5.68. The van der Waals surface area contributed by atoms with Crippen LogP contribution in [-0.4, -0.2) is 70.3 Å². The van der Waals surface area contributed by atoms with E-state index in [1.807, 2.05) is 6.20 Å². The Kier molecular flexibility index (Phi) is 6.74. The lowest BCUT2D eigenvalue weighted by Crippen LogP contribution is -2.49. The number of piperazine rings is 1. The van der Waals surface area contributed by atoms with Crippen molar-refractivity contribution in [2.45, 2.75) is 45.7 Å². The summed E-state index contributed by atoms with van der Waals surface area (Å²) in [6, 6.07) is 15.9. The summed E-state index contributed by atoms with van der Waals surface area (Å²) in [6.45, 7) is 12.3. The number of H-pyrrole nitrogens is 1. The number of benzene rings is 1. The Labute approximate surface area is 197 Å². The summed E-state index contributed by atoms with van der Waals surface area (Å²) in [6.07, 6.45) is 6.00. The average Bonchev–Trinajstić information content (AvgIpc) is 3.36. The zero-order valence-electron chi connectivity index (χ0n) is 20.0. The Morgan fingerprint density at radius 1 is 0.848 bits per heavy atom. The number of hydrogen-bond acceptors (Lipinski definition) is 5. The SMILES string of the molecule is CC(C)N1CCN(c2ccc(-c3cc(-c4ccc(CN5CCCCC5)cc4)[nH]n3)cn2)CC1. The molecule has 2 saturated heterocycles. The lowest BCUT2D eigenvalue weighted by Gasteiger charge is -2.37. The molecule has 2 aromatic heterocycles. The summed E-state index contributed by atoms with van der Waals surface area (Å²) < 4.78 is 0. The van der Waals surface area contributed by atoms with Gasteiger partial charge in [-0.15, -0.1) is 0 Å². The van der Waals surface area contributed by atoms with E-state index in [4.69, 9.17) is 4.98 Å². The van der Waals surface area contributed by atoms with E-state index in [1.165, 1.54) is 43.5 Å². The van der Waals surface area contributed by atoms with Gasteiger partial charge in [-0.3, -0.25) is 14.9 Å². The number of anilines is 1. The number of piperidine rings is 1. The zero-order valence-corrected chi connectivity index (χ0v) is 20.0. The second-order valence-corrected chi connectivity index (χ2v) is 9.72. The lowest BCUT2D eigenvalue weighted by atomic mass is 10.1. The summed E-state index contributed by atoms with van der Waals surface area (Å²) in [5.74, 6) is 1.06. The highest BCUT2D eigenvalue weighted by atomic mass is 15.3. The third-order valence-electron chi connectivity index (χ3n) is 7.11. The van der Waals surface area contributed by atoms with E-state index in [2.05, 4.69) is 81.2 Å². The van der Waals surface area contributed by atoms with Crippen LogP contribution in [0.5, 0.6) is 0 Å². The summed E-state index contributed by atoms with van der Waals surface area (Å²) in [5.41, 5.74) is 5.58. The molecule has 1 N–H and O–H groups in total. The van der Waals surface area contributed by atoms with Crippen LogP contribution in [0.4, 0.5) is 5.82 Å². The minimum absolute atomic E-state index is 0.613. The Morgan fingerprint density at radius 3 is 2.24 bits per heavy atom. The average molecular weight is 445 g/mol. The quantitative estimate of drug-likeness (QED) is 0.600. The van der Waals surface area contributed by atoms with Crippen LogP contribution in [0.2, 0.25) is 0 Å². The third kappa shape index (κ3) is 5.28. The van der Waals surface area contributed by atoms with E-state index < -0.39 is 0 Å². The fourth-order valence-corrected chi connectivity index (χ4v) is 4.97. The maximum Gasteiger partial charge on any atom is 0.128 e. The number of likely N-dealkylation sites (tertiary alicyclic amines) is 1. The molecule has 0 atom stereocenters. The van der Waals surface area contributed by atoms with Crippen molar-refractivity contribution in [2.75, 3.05) is 44.2 Å². The van der Waals surface area contributed by atoms with Crippen LogP contribution in [0.15, 0.2) is 48.7 Å². The van der Waals surface area contributed by atoms with Gasteiger partial charge in [0.25, 0.3) is 0 Å². The van der Waals surface area contributed by atoms with Crippen LogP contribution < -0.4 is 4.90 Å². The third-order valence-corrected chi connectivity index (χ3v) is 7.11. The molecule has 4 heterocycles. The van der Waals surface area contributed by atoms with E-state index in [0.717, 1.165) is 55.5 Å². The molecule has 6 nitrogen and oxygen atoms in total. The Balaban J connectivity index is 1.21. The maximum atomic E-state index is 4.75. The largest absolute Gasteiger partial charge is 0.354 e. The van der Waals surface area contributed by atoms with Gasteiger partial charge in [0, 0.05) is 50.5 Å². The van der Waals surface area contributed by atoms with E-state index in [1.54, 1.807) is 0 Å². The number of pyridine rings is 1. The van der Waals surface area contributed by atoms with Gasteiger partial charge in [-0.25, -0.2) is 4.98 Å². The van der Waals surface area contributed by atoms with Crippen LogP contribution >= 0.6 is 0 Å². The molecular weight excluding hydrogens is 408 g/mol. The molecule has 0 aliphatic carbocycles. The molecule has 1 aromatic carbocycles. The molecule has 2 aliphatic heterocycles. The van der Waals surface area contributed by atoms with Gasteiger partial charge >= 0.3 is 0 Å². The lowest BCUT2D eigenvalue weighted by molar-refractivity contribution is 0.209. The second kappa shape index (κ2) is 10.1. The molecule has 174 valence electrons. The fraction of sp³-hybridized carbons (Fsp3) is 0.481. The van der Waals surface area contributed by atoms with Crippen molar-refractivity contribution in [3.8, 4) is 22.5 Å². The summed E-state index contributed by atoms with van der Waals surface area (Å²) in [5, 5.41) is 7.77. The molecule has 0 spiro atoms. The van der Waals surface area contributed by atoms with Crippen molar-refractivity contribution in [1.82, 2.24) is 25.0 Å². The molecule has 2 aliphatic rings. The predicted molar refractivity (Wildman–Crippen MR) is 135 cm³/mol. The minimum Gasteiger partial charge on any atom is -0.354 e. The standard InChI is InChI=1S/C27H36N6/c1-21(2)32-14-16-33(17-15-32)27-11-10-24(19-28-27)26-18-25(29-30-26)23-8-6-22(7-9-23)20-31-12-4-3-5-13-31/h6-11,18-19,21H,3-5,12-17,20H2,1-2H3,(H,29,30). The number of aromatic nitrogens is 3. The van der Waals surface area contributed by atoms with Crippen LogP contribution in [0.25, 0.3) is 22.5 Å².